The largest absolute Gasteiger partial charge is 0.395 e. The van der Waals surface area contributed by atoms with Gasteiger partial charge >= 0.3 is 0 Å². The molecular formula is C16H15NOS. The van der Waals surface area contributed by atoms with E-state index in [1.165, 1.54) is 5.56 Å². The molecule has 0 unspecified atom stereocenters. The van der Waals surface area contributed by atoms with Crippen LogP contribution in [0.25, 0.3) is 0 Å². The average molecular weight is 269 g/mol. The van der Waals surface area contributed by atoms with Crippen molar-refractivity contribution in [3.63, 3.8) is 0 Å². The summed E-state index contributed by atoms with van der Waals surface area (Å²) in [5.41, 5.74) is 2.24. The predicted molar refractivity (Wildman–Crippen MR) is 78.8 cm³/mol. The lowest BCUT2D eigenvalue weighted by Crippen LogP contribution is -1.83. The number of hydrogen-bond donors (Lipinski definition) is 1. The molecule has 0 aliphatic heterocycles. The Hall–Kier alpha value is -1.76. The van der Waals surface area contributed by atoms with Gasteiger partial charge in [0.15, 0.2) is 0 Å². The standard InChI is InChI=1S/C16H15NOS/c18-12-4-2-5-14-7-9-15(10-8-14)13-19-16-6-1-3-11-17-16/h1,3,6-11,18H,4,12-13H2. The molecule has 1 N–H and O–H groups in total. The molecule has 0 atom stereocenters. The molecule has 1 aromatic heterocycles. The first-order valence-corrected chi connectivity index (χ1v) is 7.09. The lowest BCUT2D eigenvalue weighted by Gasteiger charge is -2.01. The van der Waals surface area contributed by atoms with E-state index in [1.807, 2.05) is 36.5 Å². The molecule has 19 heavy (non-hydrogen) atoms. The van der Waals surface area contributed by atoms with E-state index in [1.54, 1.807) is 11.8 Å². The smallest absolute Gasteiger partial charge is 0.0963 e. The van der Waals surface area contributed by atoms with Gasteiger partial charge < -0.3 is 5.11 Å². The van der Waals surface area contributed by atoms with E-state index in [0.29, 0.717) is 6.42 Å². The van der Waals surface area contributed by atoms with Crippen LogP contribution in [0, 0.1) is 11.8 Å². The van der Waals surface area contributed by atoms with Gasteiger partial charge in [0.05, 0.1) is 11.6 Å². The van der Waals surface area contributed by atoms with Crippen molar-refractivity contribution in [3.8, 4) is 11.8 Å². The Kier molecular flexibility index (Phi) is 5.49. The van der Waals surface area contributed by atoms with Crippen molar-refractivity contribution in [2.24, 2.45) is 0 Å². The number of nitrogens with zero attached hydrogens (tertiary/aromatic N) is 1. The first kappa shape index (κ1) is 13.7. The number of hydrogen-bond acceptors (Lipinski definition) is 3. The van der Waals surface area contributed by atoms with Crippen molar-refractivity contribution < 1.29 is 5.11 Å². The highest BCUT2D eigenvalue weighted by atomic mass is 32.2. The molecule has 1 heterocycles. The van der Waals surface area contributed by atoms with Gasteiger partial charge in [-0.05, 0) is 29.8 Å². The fraction of sp³-hybridized carbons (Fsp3) is 0.188. The van der Waals surface area contributed by atoms with Crippen LogP contribution >= 0.6 is 11.8 Å². The van der Waals surface area contributed by atoms with Crippen molar-refractivity contribution >= 4 is 11.8 Å². The van der Waals surface area contributed by atoms with Crippen LogP contribution in [0.5, 0.6) is 0 Å². The van der Waals surface area contributed by atoms with Gasteiger partial charge in [0.25, 0.3) is 0 Å². The quantitative estimate of drug-likeness (QED) is 0.684. The normalized spacial score (nSPS) is 9.74. The second-order valence-electron chi connectivity index (χ2n) is 3.93. The summed E-state index contributed by atoms with van der Waals surface area (Å²) in [5.74, 6) is 6.84. The van der Waals surface area contributed by atoms with Gasteiger partial charge in [0.2, 0.25) is 0 Å². The van der Waals surface area contributed by atoms with E-state index >= 15 is 0 Å². The Labute approximate surface area is 117 Å². The third-order valence-electron chi connectivity index (χ3n) is 2.45. The summed E-state index contributed by atoms with van der Waals surface area (Å²) in [6, 6.07) is 14.1. The lowest BCUT2D eigenvalue weighted by atomic mass is 10.1. The first-order valence-electron chi connectivity index (χ1n) is 6.11. The van der Waals surface area contributed by atoms with Crippen molar-refractivity contribution in [3.05, 3.63) is 59.8 Å². The summed E-state index contributed by atoms with van der Waals surface area (Å²) in [4.78, 5) is 4.28. The molecule has 0 saturated heterocycles. The van der Waals surface area contributed by atoms with Crippen LogP contribution in [0.2, 0.25) is 0 Å². The number of benzene rings is 1. The summed E-state index contributed by atoms with van der Waals surface area (Å²) in [7, 11) is 0. The van der Waals surface area contributed by atoms with Crippen molar-refractivity contribution in [1.82, 2.24) is 4.98 Å². The van der Waals surface area contributed by atoms with Crippen molar-refractivity contribution in [1.29, 1.82) is 0 Å². The molecule has 0 bridgehead atoms. The zero-order chi connectivity index (χ0) is 13.3. The summed E-state index contributed by atoms with van der Waals surface area (Å²) >= 11 is 1.72. The number of aliphatic hydroxyl groups excluding tert-OH is 1. The molecule has 96 valence electrons. The van der Waals surface area contributed by atoms with Gasteiger partial charge in [-0.1, -0.05) is 30.0 Å². The molecule has 0 amide bonds. The minimum absolute atomic E-state index is 0.117. The van der Waals surface area contributed by atoms with Gasteiger partial charge in [0, 0.05) is 23.9 Å². The maximum Gasteiger partial charge on any atom is 0.0963 e. The van der Waals surface area contributed by atoms with Crippen LogP contribution in [-0.4, -0.2) is 16.7 Å². The summed E-state index contributed by atoms with van der Waals surface area (Å²) in [6.45, 7) is 0.117. The van der Waals surface area contributed by atoms with Gasteiger partial charge in [-0.3, -0.25) is 0 Å². The van der Waals surface area contributed by atoms with Gasteiger partial charge in [0.1, 0.15) is 0 Å². The molecule has 2 rings (SSSR count). The lowest BCUT2D eigenvalue weighted by molar-refractivity contribution is 0.305. The van der Waals surface area contributed by atoms with Crippen LogP contribution in [-0.2, 0) is 5.75 Å². The highest BCUT2D eigenvalue weighted by molar-refractivity contribution is 7.98. The molecule has 2 nitrogen and oxygen atoms in total. The number of aliphatic hydroxyl groups is 1. The van der Waals surface area contributed by atoms with Gasteiger partial charge in [-0.15, -0.1) is 11.8 Å². The molecule has 3 heteroatoms. The third-order valence-corrected chi connectivity index (χ3v) is 3.46. The minimum Gasteiger partial charge on any atom is -0.395 e. The van der Waals surface area contributed by atoms with Crippen molar-refractivity contribution in [2.45, 2.75) is 17.2 Å². The molecule has 1 aromatic carbocycles. The Morgan fingerprint density at radius 3 is 2.63 bits per heavy atom. The van der Waals surface area contributed by atoms with E-state index in [2.05, 4.69) is 29.0 Å². The summed E-state index contributed by atoms with van der Waals surface area (Å²) < 4.78 is 0. The highest BCUT2D eigenvalue weighted by Gasteiger charge is 1.96. The van der Waals surface area contributed by atoms with Crippen LogP contribution in [0.15, 0.2) is 53.7 Å². The molecule has 0 saturated carbocycles. The molecule has 2 aromatic rings. The van der Waals surface area contributed by atoms with E-state index in [-0.39, 0.29) is 6.61 Å². The monoisotopic (exact) mass is 269 g/mol. The molecular weight excluding hydrogens is 254 g/mol. The van der Waals surface area contributed by atoms with Crippen LogP contribution in [0.3, 0.4) is 0 Å². The number of aromatic nitrogens is 1. The van der Waals surface area contributed by atoms with Crippen LogP contribution < -0.4 is 0 Å². The summed E-state index contributed by atoms with van der Waals surface area (Å²) in [6.07, 6.45) is 2.33. The predicted octanol–water partition coefficient (Wildman–Crippen LogP) is 3.11. The number of rotatable bonds is 4. The van der Waals surface area contributed by atoms with Gasteiger partial charge in [-0.25, -0.2) is 4.98 Å². The SMILES string of the molecule is OCCC#Cc1ccc(CSc2ccccn2)cc1. The third kappa shape index (κ3) is 4.78. The second kappa shape index (κ2) is 7.63. The van der Waals surface area contributed by atoms with E-state index in [4.69, 9.17) is 5.11 Å². The van der Waals surface area contributed by atoms with E-state index < -0.39 is 0 Å². The van der Waals surface area contributed by atoms with Crippen molar-refractivity contribution in [2.75, 3.05) is 6.61 Å². The minimum atomic E-state index is 0.117. The zero-order valence-electron chi connectivity index (χ0n) is 10.5. The summed E-state index contributed by atoms with van der Waals surface area (Å²) in [5, 5.41) is 9.69. The highest BCUT2D eigenvalue weighted by Crippen LogP contribution is 2.20. The number of pyridine rings is 1. The molecule has 0 spiro atoms. The van der Waals surface area contributed by atoms with Gasteiger partial charge in [-0.2, -0.15) is 0 Å². The van der Waals surface area contributed by atoms with E-state index in [0.717, 1.165) is 16.3 Å². The molecule has 0 aliphatic carbocycles. The maximum atomic E-state index is 8.66. The Balaban J connectivity index is 1.91. The average Bonchev–Trinajstić information content (AvgIpc) is 2.48. The maximum absolute atomic E-state index is 8.66. The van der Waals surface area contributed by atoms with Crippen LogP contribution in [0.1, 0.15) is 17.5 Å². The zero-order valence-corrected chi connectivity index (χ0v) is 11.4. The van der Waals surface area contributed by atoms with E-state index in [9.17, 15) is 0 Å². The molecule has 0 fully saturated rings. The fourth-order valence-electron chi connectivity index (χ4n) is 1.49. The topological polar surface area (TPSA) is 33.1 Å². The fourth-order valence-corrected chi connectivity index (χ4v) is 2.31. The van der Waals surface area contributed by atoms with Crippen LogP contribution in [0.4, 0.5) is 0 Å². The Bertz CT molecular complexity index is 555. The number of thioether (sulfide) groups is 1. The Morgan fingerprint density at radius 2 is 1.95 bits per heavy atom. The first-order chi connectivity index (χ1) is 9.38. The molecule has 0 radical (unpaired) electrons. The Morgan fingerprint density at radius 1 is 1.11 bits per heavy atom. The second-order valence-corrected chi connectivity index (χ2v) is 4.92. The molecule has 0 aliphatic rings.